The lowest BCUT2D eigenvalue weighted by Crippen LogP contribution is -2.45. The summed E-state index contributed by atoms with van der Waals surface area (Å²) in [4.78, 5) is 43.2. The third kappa shape index (κ3) is 6.53. The van der Waals surface area contributed by atoms with Crippen LogP contribution in [0.1, 0.15) is 36.8 Å². The molecule has 0 radical (unpaired) electrons. The number of amides is 2. The van der Waals surface area contributed by atoms with E-state index in [1.807, 2.05) is 11.9 Å². The van der Waals surface area contributed by atoms with Gasteiger partial charge in [0, 0.05) is 76.9 Å². The summed E-state index contributed by atoms with van der Waals surface area (Å²) in [5, 5.41) is 9.58. The monoisotopic (exact) mass is 547 g/mol. The van der Waals surface area contributed by atoms with Gasteiger partial charge < -0.3 is 35.6 Å². The average Bonchev–Trinajstić information content (AvgIpc) is 3.27. The molecule has 1 saturated heterocycles. The van der Waals surface area contributed by atoms with Crippen LogP contribution in [-0.2, 0) is 16.1 Å². The summed E-state index contributed by atoms with van der Waals surface area (Å²) in [5.41, 5.74) is 4.56. The van der Waals surface area contributed by atoms with Crippen LogP contribution in [-0.4, -0.2) is 103 Å². The second kappa shape index (κ2) is 12.6. The molecular formula is C29H41N9O2. The topological polar surface area (TPSA) is 109 Å². The number of rotatable bonds is 1. The number of carbonyl (C=O) groups is 2. The average molecular weight is 548 g/mol. The molecule has 0 saturated carbocycles. The summed E-state index contributed by atoms with van der Waals surface area (Å²) in [7, 11) is 6.18. The van der Waals surface area contributed by atoms with E-state index in [4.69, 9.17) is 0 Å². The fraction of sp³-hybridized carbons (Fsp3) is 0.517. The van der Waals surface area contributed by atoms with Gasteiger partial charge in [0.05, 0.1) is 11.1 Å². The van der Waals surface area contributed by atoms with Crippen molar-refractivity contribution < 1.29 is 9.59 Å². The number of hydrogen-bond acceptors (Lipinski definition) is 9. The Bertz CT molecular complexity index is 1260. The Morgan fingerprint density at radius 1 is 0.850 bits per heavy atom. The van der Waals surface area contributed by atoms with Crippen molar-refractivity contribution in [2.75, 3.05) is 87.8 Å². The number of carbonyl (C=O) groups excluding carboxylic acids is 2. The number of nitrogens with one attached hydrogen (secondary N) is 3. The number of benzene rings is 1. The highest BCUT2D eigenvalue weighted by Crippen LogP contribution is 2.35. The first-order valence-electron chi connectivity index (χ1n) is 14.3. The van der Waals surface area contributed by atoms with E-state index in [0.29, 0.717) is 42.3 Å². The molecular weight excluding hydrogens is 506 g/mol. The molecule has 2 bridgehead atoms. The molecule has 0 spiro atoms. The minimum atomic E-state index is -0.215. The van der Waals surface area contributed by atoms with E-state index >= 15 is 0 Å². The molecule has 2 amide bonds. The highest BCUT2D eigenvalue weighted by Gasteiger charge is 2.29. The van der Waals surface area contributed by atoms with E-state index in [2.05, 4.69) is 72.9 Å². The van der Waals surface area contributed by atoms with Gasteiger partial charge in [-0.15, -0.1) is 0 Å². The lowest BCUT2D eigenvalue weighted by Gasteiger charge is -2.36. The first-order valence-corrected chi connectivity index (χ1v) is 14.3. The predicted octanol–water partition coefficient (Wildman–Crippen LogP) is 2.51. The molecule has 0 aliphatic carbocycles. The highest BCUT2D eigenvalue weighted by molar-refractivity contribution is 6.32. The highest BCUT2D eigenvalue weighted by atomic mass is 16.2. The smallest absolute Gasteiger partial charge is 0.259 e. The van der Waals surface area contributed by atoms with E-state index in [9.17, 15) is 9.59 Å². The number of likely N-dealkylation sites (N-methyl/N-ethyl adjacent to an activating group) is 1. The van der Waals surface area contributed by atoms with Crippen LogP contribution in [0.3, 0.4) is 0 Å². The minimum absolute atomic E-state index is 0.177. The maximum absolute atomic E-state index is 12.9. The van der Waals surface area contributed by atoms with Gasteiger partial charge in [0.25, 0.3) is 5.91 Å². The first kappa shape index (κ1) is 27.9. The first-order chi connectivity index (χ1) is 19.4. The van der Waals surface area contributed by atoms with Crippen molar-refractivity contribution in [3.63, 3.8) is 0 Å². The molecule has 2 aromatic rings. The van der Waals surface area contributed by atoms with E-state index in [-0.39, 0.29) is 11.8 Å². The maximum Gasteiger partial charge on any atom is 0.259 e. The molecule has 4 heterocycles. The summed E-state index contributed by atoms with van der Waals surface area (Å²) in [6.45, 7) is 7.06. The van der Waals surface area contributed by atoms with Crippen molar-refractivity contribution in [2.24, 2.45) is 0 Å². The van der Waals surface area contributed by atoms with Crippen LogP contribution >= 0.6 is 0 Å². The Balaban J connectivity index is 1.45. The SMILES string of the molecule is CN1CCN(c2ccc3cc2CN(C)CCCCC(=O)N(C)CCCNc2ncnc4c2/C(=C/N3)C(=O)N4)CC1. The Labute approximate surface area is 236 Å². The Kier molecular flexibility index (Phi) is 8.81. The quantitative estimate of drug-likeness (QED) is 0.496. The van der Waals surface area contributed by atoms with E-state index in [0.717, 1.165) is 64.2 Å². The lowest BCUT2D eigenvalue weighted by molar-refractivity contribution is -0.130. The molecule has 11 heteroatoms. The van der Waals surface area contributed by atoms with Gasteiger partial charge in [-0.3, -0.25) is 9.59 Å². The van der Waals surface area contributed by atoms with Gasteiger partial charge in [-0.05, 0) is 63.7 Å². The number of nitrogens with zero attached hydrogens (tertiary/aromatic N) is 6. The predicted molar refractivity (Wildman–Crippen MR) is 159 cm³/mol. The van der Waals surface area contributed by atoms with Crippen LogP contribution in [0.15, 0.2) is 30.7 Å². The summed E-state index contributed by atoms with van der Waals surface area (Å²) in [5.74, 6) is 1.06. The zero-order valence-corrected chi connectivity index (χ0v) is 23.9. The molecule has 0 atom stereocenters. The molecule has 11 nitrogen and oxygen atoms in total. The molecule has 1 aromatic heterocycles. The van der Waals surface area contributed by atoms with Crippen LogP contribution in [0.5, 0.6) is 0 Å². The standard InChI is InChI=1S/C29H41N9O2/c1-35-13-15-38(16-14-35)24-9-8-22-17-21(24)19-36(2)11-5-4-7-25(39)37(3)12-6-10-30-27-26-23(18-31-22)29(40)34-28(26)33-20-32-27/h8-9,17-18,20,31H,4-7,10-16,19H2,1-3H3,(H2,30,32,33,34,40)/b23-18-. The fourth-order valence-corrected chi connectivity index (χ4v) is 5.48. The van der Waals surface area contributed by atoms with Gasteiger partial charge >= 0.3 is 0 Å². The van der Waals surface area contributed by atoms with E-state index in [1.54, 1.807) is 6.20 Å². The van der Waals surface area contributed by atoms with Crippen molar-refractivity contribution in [1.82, 2.24) is 24.7 Å². The molecule has 40 heavy (non-hydrogen) atoms. The Hall–Kier alpha value is -3.70. The van der Waals surface area contributed by atoms with Crippen molar-refractivity contribution in [3.05, 3.63) is 41.9 Å². The van der Waals surface area contributed by atoms with Crippen LogP contribution in [0, 0.1) is 0 Å². The molecule has 5 rings (SSSR count). The van der Waals surface area contributed by atoms with Crippen molar-refractivity contribution in [3.8, 4) is 0 Å². The summed E-state index contributed by atoms with van der Waals surface area (Å²) in [6, 6.07) is 6.46. The van der Waals surface area contributed by atoms with Crippen LogP contribution in [0.25, 0.3) is 5.57 Å². The van der Waals surface area contributed by atoms with Gasteiger partial charge in [0.1, 0.15) is 18.0 Å². The zero-order valence-electron chi connectivity index (χ0n) is 23.9. The second-order valence-corrected chi connectivity index (χ2v) is 11.0. The number of hydrogen-bond donors (Lipinski definition) is 3. The zero-order chi connectivity index (χ0) is 28.1. The van der Waals surface area contributed by atoms with Crippen LogP contribution in [0.2, 0.25) is 0 Å². The van der Waals surface area contributed by atoms with Gasteiger partial charge in [-0.2, -0.15) is 0 Å². The van der Waals surface area contributed by atoms with Crippen LogP contribution < -0.4 is 20.9 Å². The largest absolute Gasteiger partial charge is 0.369 e. The Morgan fingerprint density at radius 2 is 1.65 bits per heavy atom. The number of aromatic nitrogens is 2. The van der Waals surface area contributed by atoms with Gasteiger partial charge in [-0.1, -0.05) is 0 Å². The summed E-state index contributed by atoms with van der Waals surface area (Å²) in [6.07, 6.45) is 6.38. The van der Waals surface area contributed by atoms with Crippen molar-refractivity contribution in [1.29, 1.82) is 0 Å². The summed E-state index contributed by atoms with van der Waals surface area (Å²) >= 11 is 0. The molecule has 3 aliphatic heterocycles. The number of fused-ring (bicyclic) bond motifs is 2. The van der Waals surface area contributed by atoms with Crippen molar-refractivity contribution >= 4 is 40.4 Å². The maximum atomic E-state index is 12.9. The second-order valence-electron chi connectivity index (χ2n) is 11.0. The fourth-order valence-electron chi connectivity index (χ4n) is 5.48. The molecule has 3 aliphatic rings. The Morgan fingerprint density at radius 3 is 2.48 bits per heavy atom. The third-order valence-electron chi connectivity index (χ3n) is 7.91. The molecule has 1 aromatic carbocycles. The van der Waals surface area contributed by atoms with Crippen LogP contribution in [0.4, 0.5) is 23.0 Å². The van der Waals surface area contributed by atoms with Gasteiger partial charge in [0.15, 0.2) is 0 Å². The van der Waals surface area contributed by atoms with Gasteiger partial charge in [0.2, 0.25) is 5.91 Å². The molecule has 1 fully saturated rings. The normalized spacial score (nSPS) is 21.5. The van der Waals surface area contributed by atoms with E-state index in [1.165, 1.54) is 17.6 Å². The summed E-state index contributed by atoms with van der Waals surface area (Å²) < 4.78 is 0. The minimum Gasteiger partial charge on any atom is -0.369 e. The lowest BCUT2D eigenvalue weighted by atomic mass is 10.1. The number of anilines is 4. The molecule has 214 valence electrons. The third-order valence-corrected chi connectivity index (χ3v) is 7.91. The van der Waals surface area contributed by atoms with Crippen molar-refractivity contribution in [2.45, 2.75) is 32.2 Å². The van der Waals surface area contributed by atoms with E-state index < -0.39 is 0 Å². The molecule has 3 N–H and O–H groups in total. The van der Waals surface area contributed by atoms with Gasteiger partial charge in [-0.25, -0.2) is 9.97 Å². The number of piperazine rings is 1. The molecule has 0 unspecified atom stereocenters.